The molecule has 3 aromatic carbocycles. The molecule has 36 heavy (non-hydrogen) atoms. The van der Waals surface area contributed by atoms with Crippen molar-refractivity contribution in [3.63, 3.8) is 0 Å². The van der Waals surface area contributed by atoms with Crippen LogP contribution in [0.4, 0.5) is 0 Å². The number of amides is 1. The lowest BCUT2D eigenvalue weighted by atomic mass is 10.1. The molecule has 0 aliphatic carbocycles. The van der Waals surface area contributed by atoms with E-state index in [1.54, 1.807) is 35.4 Å². The molecule has 0 atom stereocenters. The smallest absolute Gasteiger partial charge is 0.243 e. The molecule has 0 radical (unpaired) electrons. The average molecular weight is 505 g/mol. The van der Waals surface area contributed by atoms with Crippen LogP contribution in [0.25, 0.3) is 10.8 Å². The second kappa shape index (κ2) is 11.5. The van der Waals surface area contributed by atoms with Crippen LogP contribution in [0.5, 0.6) is 0 Å². The molecule has 1 heterocycles. The number of hydrogen-bond donors (Lipinski definition) is 0. The van der Waals surface area contributed by atoms with Crippen LogP contribution < -0.4 is 0 Å². The molecule has 4 aromatic rings. The van der Waals surface area contributed by atoms with Crippen molar-refractivity contribution in [3.8, 4) is 0 Å². The van der Waals surface area contributed by atoms with E-state index >= 15 is 0 Å². The van der Waals surface area contributed by atoms with E-state index in [1.807, 2.05) is 74.5 Å². The molecule has 0 bridgehead atoms. The number of hydrogen-bond acceptors (Lipinski definition) is 4. The minimum Gasteiger partial charge on any atom is -0.467 e. The van der Waals surface area contributed by atoms with Gasteiger partial charge in [-0.05, 0) is 52.9 Å². The van der Waals surface area contributed by atoms with Crippen LogP contribution in [0.1, 0.15) is 25.2 Å². The largest absolute Gasteiger partial charge is 0.467 e. The molecule has 0 saturated carbocycles. The fraction of sp³-hybridized carbons (Fsp3) is 0.276. The van der Waals surface area contributed by atoms with Gasteiger partial charge in [-0.2, -0.15) is 4.31 Å². The minimum absolute atomic E-state index is 0.0517. The van der Waals surface area contributed by atoms with Gasteiger partial charge in [0.2, 0.25) is 15.9 Å². The summed E-state index contributed by atoms with van der Waals surface area (Å²) in [5.41, 5.74) is 1.11. The van der Waals surface area contributed by atoms with Crippen molar-refractivity contribution in [2.24, 2.45) is 5.92 Å². The molecule has 7 heteroatoms. The Morgan fingerprint density at radius 2 is 1.61 bits per heavy atom. The molecule has 4 rings (SSSR count). The van der Waals surface area contributed by atoms with Crippen LogP contribution in [0.2, 0.25) is 0 Å². The Balaban J connectivity index is 1.58. The maximum Gasteiger partial charge on any atom is 0.243 e. The summed E-state index contributed by atoms with van der Waals surface area (Å²) in [5.74, 6) is 0.451. The van der Waals surface area contributed by atoms with Crippen LogP contribution in [0.15, 0.2) is 101 Å². The Morgan fingerprint density at radius 1 is 0.889 bits per heavy atom. The highest BCUT2D eigenvalue weighted by Crippen LogP contribution is 2.23. The van der Waals surface area contributed by atoms with Crippen LogP contribution in [0, 0.1) is 5.92 Å². The predicted octanol–water partition coefficient (Wildman–Crippen LogP) is 5.35. The number of carbonyl (C=O) groups excluding carboxylic acids is 1. The highest BCUT2D eigenvalue weighted by Gasteiger charge is 2.29. The lowest BCUT2D eigenvalue weighted by Crippen LogP contribution is -2.44. The zero-order valence-electron chi connectivity index (χ0n) is 20.7. The number of rotatable bonds is 11. The van der Waals surface area contributed by atoms with Gasteiger partial charge in [-0.3, -0.25) is 4.79 Å². The quantitative estimate of drug-likeness (QED) is 0.276. The third-order valence-electron chi connectivity index (χ3n) is 6.03. The van der Waals surface area contributed by atoms with Gasteiger partial charge in [-0.25, -0.2) is 8.42 Å². The summed E-state index contributed by atoms with van der Waals surface area (Å²) in [5, 5.41) is 1.81. The molecular weight excluding hydrogens is 472 g/mol. The topological polar surface area (TPSA) is 70.8 Å². The predicted molar refractivity (Wildman–Crippen MR) is 142 cm³/mol. The summed E-state index contributed by atoms with van der Waals surface area (Å²) in [4.78, 5) is 15.4. The number of carbonyl (C=O) groups is 1. The maximum absolute atomic E-state index is 13.7. The molecule has 1 amide bonds. The summed E-state index contributed by atoms with van der Waals surface area (Å²) < 4.78 is 34.2. The summed E-state index contributed by atoms with van der Waals surface area (Å²) in [6.45, 7) is 4.64. The first-order valence-electron chi connectivity index (χ1n) is 12.2. The van der Waals surface area contributed by atoms with Crippen molar-refractivity contribution < 1.29 is 17.6 Å². The standard InChI is InChI=1S/C29H32N2O4S/c1-23(2)20-31(36(33,34)28-15-14-25-11-6-7-12-26(25)19-28)22-29(32)30(21-27-13-8-18-35-27)17-16-24-9-4-3-5-10-24/h3-15,18-19,23H,16-17,20-22H2,1-2H3. The van der Waals surface area contributed by atoms with Gasteiger partial charge in [-0.15, -0.1) is 0 Å². The van der Waals surface area contributed by atoms with Crippen LogP contribution in [-0.2, 0) is 27.8 Å². The molecule has 0 unspecified atom stereocenters. The molecule has 0 aliphatic rings. The fourth-order valence-electron chi connectivity index (χ4n) is 4.17. The van der Waals surface area contributed by atoms with Gasteiger partial charge in [0.05, 0.1) is 24.2 Å². The van der Waals surface area contributed by atoms with Crippen molar-refractivity contribution in [1.82, 2.24) is 9.21 Å². The molecule has 0 fully saturated rings. The number of sulfonamides is 1. The summed E-state index contributed by atoms with van der Waals surface area (Å²) in [6, 6.07) is 26.3. The Bertz CT molecular complexity index is 1380. The zero-order chi connectivity index (χ0) is 25.5. The van der Waals surface area contributed by atoms with Crippen molar-refractivity contribution >= 4 is 26.7 Å². The summed E-state index contributed by atoms with van der Waals surface area (Å²) in [7, 11) is -3.88. The molecule has 6 nitrogen and oxygen atoms in total. The number of nitrogens with zero attached hydrogens (tertiary/aromatic N) is 2. The second-order valence-electron chi connectivity index (χ2n) is 9.33. The van der Waals surface area contributed by atoms with Crippen LogP contribution in [-0.4, -0.2) is 43.2 Å². The normalized spacial score (nSPS) is 11.9. The van der Waals surface area contributed by atoms with E-state index in [9.17, 15) is 13.2 Å². The Kier molecular flexibility index (Phi) is 8.23. The average Bonchev–Trinajstić information content (AvgIpc) is 3.39. The SMILES string of the molecule is CC(C)CN(CC(=O)N(CCc1ccccc1)Cc1ccco1)S(=O)(=O)c1ccc2ccccc2c1. The second-order valence-corrected chi connectivity index (χ2v) is 11.3. The van der Waals surface area contributed by atoms with E-state index in [0.717, 1.165) is 16.3 Å². The Morgan fingerprint density at radius 3 is 2.31 bits per heavy atom. The van der Waals surface area contributed by atoms with Gasteiger partial charge in [0, 0.05) is 13.1 Å². The van der Waals surface area contributed by atoms with Crippen molar-refractivity contribution in [2.75, 3.05) is 19.6 Å². The van der Waals surface area contributed by atoms with Crippen molar-refractivity contribution in [3.05, 3.63) is 103 Å². The first-order valence-corrected chi connectivity index (χ1v) is 13.6. The van der Waals surface area contributed by atoms with Gasteiger partial charge < -0.3 is 9.32 Å². The highest BCUT2D eigenvalue weighted by atomic mass is 32.2. The summed E-state index contributed by atoms with van der Waals surface area (Å²) in [6.07, 6.45) is 2.24. The van der Waals surface area contributed by atoms with Gasteiger partial charge in [0.15, 0.2) is 0 Å². The van der Waals surface area contributed by atoms with Gasteiger partial charge >= 0.3 is 0 Å². The van der Waals surface area contributed by atoms with Gasteiger partial charge in [0.25, 0.3) is 0 Å². The van der Waals surface area contributed by atoms with Gasteiger partial charge in [0.1, 0.15) is 5.76 Å². The van der Waals surface area contributed by atoms with Crippen LogP contribution in [0.3, 0.4) is 0 Å². The van der Waals surface area contributed by atoms with E-state index in [1.165, 1.54) is 4.31 Å². The first-order chi connectivity index (χ1) is 17.3. The minimum atomic E-state index is -3.88. The third kappa shape index (κ3) is 6.42. The van der Waals surface area contributed by atoms with E-state index < -0.39 is 10.0 Å². The first kappa shape index (κ1) is 25.7. The molecule has 0 spiro atoms. The number of benzene rings is 3. The molecule has 0 saturated heterocycles. The third-order valence-corrected chi connectivity index (χ3v) is 7.84. The molecule has 0 aliphatic heterocycles. The zero-order valence-corrected chi connectivity index (χ0v) is 21.5. The molecule has 1 aromatic heterocycles. The number of fused-ring (bicyclic) bond motifs is 1. The van der Waals surface area contributed by atoms with E-state index in [-0.39, 0.29) is 36.4 Å². The lowest BCUT2D eigenvalue weighted by molar-refractivity contribution is -0.132. The molecular formula is C29H32N2O4S. The van der Waals surface area contributed by atoms with E-state index in [4.69, 9.17) is 4.42 Å². The van der Waals surface area contributed by atoms with E-state index in [0.29, 0.717) is 18.7 Å². The van der Waals surface area contributed by atoms with Crippen molar-refractivity contribution in [1.29, 1.82) is 0 Å². The molecule has 0 N–H and O–H groups in total. The van der Waals surface area contributed by atoms with Crippen LogP contribution >= 0.6 is 0 Å². The maximum atomic E-state index is 13.7. The lowest BCUT2D eigenvalue weighted by Gasteiger charge is -2.28. The Labute approximate surface area is 213 Å². The van der Waals surface area contributed by atoms with E-state index in [2.05, 4.69) is 0 Å². The van der Waals surface area contributed by atoms with Crippen molar-refractivity contribution in [2.45, 2.75) is 31.7 Å². The Hall–Kier alpha value is -3.42. The summed E-state index contributed by atoms with van der Waals surface area (Å²) >= 11 is 0. The monoisotopic (exact) mass is 504 g/mol. The van der Waals surface area contributed by atoms with Gasteiger partial charge in [-0.1, -0.05) is 74.5 Å². The molecule has 188 valence electrons. The fourth-order valence-corrected chi connectivity index (χ4v) is 5.76. The highest BCUT2D eigenvalue weighted by molar-refractivity contribution is 7.89. The number of furan rings is 1.